The molecule has 0 heterocycles. The van der Waals surface area contributed by atoms with E-state index in [1.165, 1.54) is 0 Å². The van der Waals surface area contributed by atoms with Crippen LogP contribution in [0.5, 0.6) is 0 Å². The van der Waals surface area contributed by atoms with Crippen LogP contribution in [0.15, 0.2) is 0 Å². The molecule has 1 aliphatic rings. The quantitative estimate of drug-likeness (QED) is 0.533. The monoisotopic (exact) mass is 187 g/mol. The summed E-state index contributed by atoms with van der Waals surface area (Å²) in [5.74, 6) is -1.07. The van der Waals surface area contributed by atoms with Gasteiger partial charge in [0, 0.05) is 6.42 Å². The second-order valence-corrected chi connectivity index (χ2v) is 3.29. The lowest BCUT2D eigenvalue weighted by Crippen LogP contribution is -2.43. The van der Waals surface area contributed by atoms with E-state index in [1.807, 2.05) is 0 Å². The van der Waals surface area contributed by atoms with E-state index in [0.717, 1.165) is 12.8 Å². The highest BCUT2D eigenvalue weighted by Gasteiger charge is 2.26. The molecule has 0 aromatic rings. The Morgan fingerprint density at radius 2 is 2.08 bits per heavy atom. The van der Waals surface area contributed by atoms with Gasteiger partial charge in [-0.05, 0) is 18.8 Å². The van der Waals surface area contributed by atoms with Crippen LogP contribution in [0.4, 0.5) is 0 Å². The molecule has 0 spiro atoms. The number of nitrogens with one attached hydrogen (secondary N) is 1. The molecule has 1 atom stereocenters. The first-order valence-electron chi connectivity index (χ1n) is 4.26. The number of aliphatic carboxylic acids is 1. The smallest absolute Gasteiger partial charge is 0.328 e. The van der Waals surface area contributed by atoms with Gasteiger partial charge in [0.15, 0.2) is 0 Å². The minimum absolute atomic E-state index is 0.288. The van der Waals surface area contributed by atoms with Gasteiger partial charge in [0.25, 0.3) is 0 Å². The summed E-state index contributed by atoms with van der Waals surface area (Å²) in [4.78, 5) is 21.5. The maximum atomic E-state index is 11.1. The van der Waals surface area contributed by atoms with Crippen molar-refractivity contribution in [3.8, 4) is 0 Å². The molecule has 74 valence electrons. The van der Waals surface area contributed by atoms with Crippen molar-refractivity contribution in [1.29, 1.82) is 0 Å². The van der Waals surface area contributed by atoms with Crippen LogP contribution in [0.25, 0.3) is 0 Å². The Labute approximate surface area is 75.7 Å². The van der Waals surface area contributed by atoms with Gasteiger partial charge in [0.1, 0.15) is 6.04 Å². The van der Waals surface area contributed by atoms with Crippen LogP contribution in [-0.2, 0) is 9.59 Å². The zero-order valence-electron chi connectivity index (χ0n) is 7.19. The summed E-state index contributed by atoms with van der Waals surface area (Å²) in [6, 6.07) is -1.16. The lowest BCUT2D eigenvalue weighted by Gasteiger charge is -2.10. The normalized spacial score (nSPS) is 17.9. The van der Waals surface area contributed by atoms with Crippen molar-refractivity contribution in [2.45, 2.75) is 25.3 Å². The van der Waals surface area contributed by atoms with Gasteiger partial charge in [-0.15, -0.1) is 0 Å². The van der Waals surface area contributed by atoms with Crippen molar-refractivity contribution in [3.63, 3.8) is 0 Å². The van der Waals surface area contributed by atoms with E-state index in [0.29, 0.717) is 12.3 Å². The molecule has 1 unspecified atom stereocenters. The minimum Gasteiger partial charge on any atom is -0.480 e. The number of carboxylic acids is 1. The first kappa shape index (κ1) is 9.98. The van der Waals surface area contributed by atoms with Crippen LogP contribution >= 0.6 is 0 Å². The van der Waals surface area contributed by atoms with E-state index in [1.54, 1.807) is 0 Å². The van der Waals surface area contributed by atoms with Gasteiger partial charge in [-0.1, -0.05) is 0 Å². The number of rotatable bonds is 5. The molecule has 0 bridgehead atoms. The Balaban J connectivity index is 2.26. The van der Waals surface area contributed by atoms with E-state index in [4.69, 9.17) is 10.2 Å². The Kier molecular flexibility index (Phi) is 3.25. The third kappa shape index (κ3) is 3.42. The molecule has 0 aromatic carbocycles. The molecular weight excluding hydrogens is 174 g/mol. The highest BCUT2D eigenvalue weighted by atomic mass is 16.4. The summed E-state index contributed by atoms with van der Waals surface area (Å²) in [7, 11) is 0. The van der Waals surface area contributed by atoms with Crippen LogP contribution in [0, 0.1) is 5.92 Å². The van der Waals surface area contributed by atoms with Gasteiger partial charge >= 0.3 is 5.97 Å². The number of carbonyl (C=O) groups excluding carboxylic acids is 1. The molecule has 5 heteroatoms. The number of hydrogen-bond donors (Lipinski definition) is 3. The molecule has 0 aromatic heterocycles. The second kappa shape index (κ2) is 4.23. The predicted molar refractivity (Wildman–Crippen MR) is 44.0 cm³/mol. The summed E-state index contributed by atoms with van der Waals surface area (Å²) in [6.07, 6.45) is 2.47. The number of aliphatic hydroxyl groups is 1. The van der Waals surface area contributed by atoms with Crippen molar-refractivity contribution in [3.05, 3.63) is 0 Å². The van der Waals surface area contributed by atoms with E-state index in [2.05, 4.69) is 5.32 Å². The summed E-state index contributed by atoms with van der Waals surface area (Å²) >= 11 is 0. The van der Waals surface area contributed by atoms with E-state index >= 15 is 0 Å². The van der Waals surface area contributed by atoms with Gasteiger partial charge in [-0.2, -0.15) is 0 Å². The van der Waals surface area contributed by atoms with Crippen molar-refractivity contribution < 1.29 is 19.8 Å². The third-order valence-corrected chi connectivity index (χ3v) is 1.99. The van der Waals surface area contributed by atoms with Crippen LogP contribution in [0.3, 0.4) is 0 Å². The maximum absolute atomic E-state index is 11.1. The van der Waals surface area contributed by atoms with Crippen LogP contribution in [-0.4, -0.2) is 34.7 Å². The molecule has 5 nitrogen and oxygen atoms in total. The van der Waals surface area contributed by atoms with Gasteiger partial charge in [0.2, 0.25) is 5.91 Å². The molecule has 0 aliphatic heterocycles. The van der Waals surface area contributed by atoms with Crippen LogP contribution in [0.2, 0.25) is 0 Å². The molecule has 1 fully saturated rings. The molecule has 1 aliphatic carbocycles. The molecule has 3 N–H and O–H groups in total. The second-order valence-electron chi connectivity index (χ2n) is 3.29. The lowest BCUT2D eigenvalue weighted by molar-refractivity contribution is -0.143. The average molecular weight is 187 g/mol. The average Bonchev–Trinajstić information content (AvgIpc) is 2.83. The summed E-state index contributed by atoms with van der Waals surface area (Å²) in [5, 5.41) is 19.3. The molecule has 1 amide bonds. The summed E-state index contributed by atoms with van der Waals surface area (Å²) in [6.45, 7) is -0.564. The van der Waals surface area contributed by atoms with Gasteiger partial charge < -0.3 is 15.5 Å². The standard InChI is InChI=1S/C8H13NO4/c10-4-6(8(12)13)9-7(11)3-5-1-2-5/h5-6,10H,1-4H2,(H,9,11)(H,12,13). The van der Waals surface area contributed by atoms with Crippen LogP contribution < -0.4 is 5.32 Å². The zero-order valence-corrected chi connectivity index (χ0v) is 7.19. The molecule has 0 radical (unpaired) electrons. The Morgan fingerprint density at radius 3 is 2.46 bits per heavy atom. The Morgan fingerprint density at radius 1 is 1.46 bits per heavy atom. The fraction of sp³-hybridized carbons (Fsp3) is 0.750. The highest BCUT2D eigenvalue weighted by Crippen LogP contribution is 2.32. The number of carboxylic acid groups (broad SMARTS) is 1. The number of amides is 1. The molecule has 1 saturated carbocycles. The van der Waals surface area contributed by atoms with Gasteiger partial charge in [-0.25, -0.2) is 4.79 Å². The largest absolute Gasteiger partial charge is 0.480 e. The minimum atomic E-state index is -1.20. The van der Waals surface area contributed by atoms with Gasteiger partial charge in [-0.3, -0.25) is 4.79 Å². The van der Waals surface area contributed by atoms with Crippen molar-refractivity contribution in [1.82, 2.24) is 5.32 Å². The fourth-order valence-electron chi connectivity index (χ4n) is 1.02. The Bertz CT molecular complexity index is 212. The predicted octanol–water partition coefficient (Wildman–Crippen LogP) is -0.652. The highest BCUT2D eigenvalue weighted by molar-refractivity contribution is 5.83. The number of hydrogen-bond acceptors (Lipinski definition) is 3. The van der Waals surface area contributed by atoms with Crippen molar-refractivity contribution >= 4 is 11.9 Å². The first-order valence-corrected chi connectivity index (χ1v) is 4.26. The summed E-state index contributed by atoms with van der Waals surface area (Å²) in [5.41, 5.74) is 0. The third-order valence-electron chi connectivity index (χ3n) is 1.99. The molecule has 0 saturated heterocycles. The van der Waals surface area contributed by atoms with Crippen LogP contribution in [0.1, 0.15) is 19.3 Å². The SMILES string of the molecule is O=C(CC1CC1)NC(CO)C(=O)O. The molecule has 1 rings (SSSR count). The number of aliphatic hydroxyl groups excluding tert-OH is 1. The van der Waals surface area contributed by atoms with E-state index < -0.39 is 18.6 Å². The van der Waals surface area contributed by atoms with E-state index in [-0.39, 0.29) is 5.91 Å². The fourth-order valence-corrected chi connectivity index (χ4v) is 1.02. The zero-order chi connectivity index (χ0) is 9.84. The Hall–Kier alpha value is -1.10. The van der Waals surface area contributed by atoms with E-state index in [9.17, 15) is 9.59 Å². The topological polar surface area (TPSA) is 86.6 Å². The molecule has 13 heavy (non-hydrogen) atoms. The van der Waals surface area contributed by atoms with Gasteiger partial charge in [0.05, 0.1) is 6.61 Å². The molecular formula is C8H13NO4. The first-order chi connectivity index (χ1) is 6.13. The number of carbonyl (C=O) groups is 2. The van der Waals surface area contributed by atoms with Crippen molar-refractivity contribution in [2.75, 3.05) is 6.61 Å². The lowest BCUT2D eigenvalue weighted by atomic mass is 10.2. The summed E-state index contributed by atoms with van der Waals surface area (Å²) < 4.78 is 0. The maximum Gasteiger partial charge on any atom is 0.328 e. The van der Waals surface area contributed by atoms with Crippen molar-refractivity contribution in [2.24, 2.45) is 5.92 Å².